The lowest BCUT2D eigenvalue weighted by molar-refractivity contribution is 0.306. The van der Waals surface area contributed by atoms with Crippen LogP contribution in [0.25, 0.3) is 11.3 Å². The fraction of sp³-hybridized carbons (Fsp3) is 0.188. The summed E-state index contributed by atoms with van der Waals surface area (Å²) in [4.78, 5) is 0. The maximum Gasteiger partial charge on any atom is 0.133 e. The monoisotopic (exact) mass is 268 g/mol. The molecule has 0 amide bonds. The number of hydrogen-bond donors (Lipinski definition) is 0. The Hall–Kier alpha value is -2.49. The smallest absolute Gasteiger partial charge is 0.133 e. The molecule has 0 bridgehead atoms. The number of rotatable bonds is 5. The highest BCUT2D eigenvalue weighted by Gasteiger charge is 2.02. The minimum atomic E-state index is 0.528. The van der Waals surface area contributed by atoms with E-state index in [0.717, 1.165) is 29.2 Å². The van der Waals surface area contributed by atoms with Crippen LogP contribution in [0.1, 0.15) is 12.5 Å². The Balaban J connectivity index is 1.63. The van der Waals surface area contributed by atoms with E-state index in [1.165, 1.54) is 0 Å². The lowest BCUT2D eigenvalue weighted by Gasteiger charge is -2.05. The van der Waals surface area contributed by atoms with E-state index < -0.39 is 0 Å². The van der Waals surface area contributed by atoms with Crippen molar-refractivity contribution in [1.29, 1.82) is 0 Å². The first-order valence-corrected chi connectivity index (χ1v) is 6.63. The molecule has 0 spiro atoms. The number of aromatic nitrogens is 2. The molecule has 3 rings (SSSR count). The Morgan fingerprint density at radius 1 is 1.20 bits per heavy atom. The molecule has 0 fully saturated rings. The minimum absolute atomic E-state index is 0.528. The molecule has 4 nitrogen and oxygen atoms in total. The molecule has 2 aromatic heterocycles. The van der Waals surface area contributed by atoms with E-state index in [1.54, 1.807) is 6.26 Å². The molecule has 4 heteroatoms. The van der Waals surface area contributed by atoms with E-state index in [1.807, 2.05) is 53.5 Å². The third-order valence-electron chi connectivity index (χ3n) is 3.08. The maximum absolute atomic E-state index is 5.74. The van der Waals surface area contributed by atoms with Crippen molar-refractivity contribution >= 4 is 0 Å². The van der Waals surface area contributed by atoms with Crippen molar-refractivity contribution < 1.29 is 9.15 Å². The molecule has 3 aromatic rings. The SMILES string of the molecule is CCn1cc(COc2ccc(-c3ccco3)cc2)cn1. The van der Waals surface area contributed by atoms with Gasteiger partial charge in [-0.2, -0.15) is 5.10 Å². The molecule has 102 valence electrons. The highest BCUT2D eigenvalue weighted by Crippen LogP contribution is 2.23. The summed E-state index contributed by atoms with van der Waals surface area (Å²) in [6.45, 7) is 3.46. The number of benzene rings is 1. The van der Waals surface area contributed by atoms with Gasteiger partial charge in [0.25, 0.3) is 0 Å². The fourth-order valence-electron chi connectivity index (χ4n) is 1.98. The van der Waals surface area contributed by atoms with Crippen LogP contribution in [-0.4, -0.2) is 9.78 Å². The van der Waals surface area contributed by atoms with E-state index in [0.29, 0.717) is 6.61 Å². The standard InChI is InChI=1S/C16H16N2O2/c1-2-18-11-13(10-17-18)12-20-15-7-5-14(6-8-15)16-4-3-9-19-16/h3-11H,2,12H2,1H3. The molecule has 0 unspecified atom stereocenters. The Morgan fingerprint density at radius 2 is 2.05 bits per heavy atom. The summed E-state index contributed by atoms with van der Waals surface area (Å²) in [6, 6.07) is 11.7. The van der Waals surface area contributed by atoms with Gasteiger partial charge < -0.3 is 9.15 Å². The topological polar surface area (TPSA) is 40.2 Å². The van der Waals surface area contributed by atoms with Crippen molar-refractivity contribution in [3.63, 3.8) is 0 Å². The lowest BCUT2D eigenvalue weighted by atomic mass is 10.2. The van der Waals surface area contributed by atoms with Gasteiger partial charge in [0.2, 0.25) is 0 Å². The van der Waals surface area contributed by atoms with E-state index >= 15 is 0 Å². The van der Waals surface area contributed by atoms with E-state index in [2.05, 4.69) is 12.0 Å². The van der Waals surface area contributed by atoms with Gasteiger partial charge in [0.05, 0.1) is 12.5 Å². The third-order valence-corrected chi connectivity index (χ3v) is 3.08. The zero-order valence-electron chi connectivity index (χ0n) is 11.3. The van der Waals surface area contributed by atoms with Crippen LogP contribution < -0.4 is 4.74 Å². The van der Waals surface area contributed by atoms with Gasteiger partial charge in [0.1, 0.15) is 18.1 Å². The second kappa shape index (κ2) is 5.65. The molecular weight excluding hydrogens is 252 g/mol. The largest absolute Gasteiger partial charge is 0.489 e. The molecule has 0 radical (unpaired) electrons. The molecule has 0 aliphatic carbocycles. The van der Waals surface area contributed by atoms with Gasteiger partial charge in [-0.25, -0.2) is 0 Å². The lowest BCUT2D eigenvalue weighted by Crippen LogP contribution is -1.95. The second-order valence-corrected chi connectivity index (χ2v) is 4.49. The number of aryl methyl sites for hydroxylation is 1. The van der Waals surface area contributed by atoms with Crippen LogP contribution in [0.2, 0.25) is 0 Å². The summed E-state index contributed by atoms with van der Waals surface area (Å²) in [7, 11) is 0. The summed E-state index contributed by atoms with van der Waals surface area (Å²) in [5.41, 5.74) is 2.11. The molecule has 0 saturated heterocycles. The maximum atomic E-state index is 5.74. The van der Waals surface area contributed by atoms with Gasteiger partial charge in [0, 0.05) is 23.9 Å². The van der Waals surface area contributed by atoms with Crippen molar-refractivity contribution in [3.8, 4) is 17.1 Å². The average Bonchev–Trinajstić information content (AvgIpc) is 3.17. The zero-order chi connectivity index (χ0) is 13.8. The van der Waals surface area contributed by atoms with E-state index in [-0.39, 0.29) is 0 Å². The Labute approximate surface area is 117 Å². The first-order chi connectivity index (χ1) is 9.85. The predicted octanol–water partition coefficient (Wildman–Crippen LogP) is 3.74. The van der Waals surface area contributed by atoms with E-state index in [9.17, 15) is 0 Å². The van der Waals surface area contributed by atoms with Crippen molar-refractivity contribution in [2.45, 2.75) is 20.1 Å². The zero-order valence-corrected chi connectivity index (χ0v) is 11.3. The molecule has 0 aliphatic heterocycles. The average molecular weight is 268 g/mol. The third kappa shape index (κ3) is 2.74. The van der Waals surface area contributed by atoms with Crippen molar-refractivity contribution in [2.75, 3.05) is 0 Å². The number of ether oxygens (including phenoxy) is 1. The highest BCUT2D eigenvalue weighted by atomic mass is 16.5. The molecule has 0 atom stereocenters. The summed E-state index contributed by atoms with van der Waals surface area (Å²) >= 11 is 0. The van der Waals surface area contributed by atoms with Crippen LogP contribution >= 0.6 is 0 Å². The van der Waals surface area contributed by atoms with Crippen molar-refractivity contribution in [3.05, 3.63) is 60.6 Å². The quantitative estimate of drug-likeness (QED) is 0.707. The molecular formula is C16H16N2O2. The van der Waals surface area contributed by atoms with Crippen LogP contribution in [0.3, 0.4) is 0 Å². The van der Waals surface area contributed by atoms with Crippen LogP contribution in [0.15, 0.2) is 59.5 Å². The number of hydrogen-bond acceptors (Lipinski definition) is 3. The first kappa shape index (κ1) is 12.5. The van der Waals surface area contributed by atoms with Crippen LogP contribution in [0.4, 0.5) is 0 Å². The Bertz CT molecular complexity index is 654. The highest BCUT2D eigenvalue weighted by molar-refractivity contribution is 5.58. The minimum Gasteiger partial charge on any atom is -0.489 e. The Morgan fingerprint density at radius 3 is 2.70 bits per heavy atom. The van der Waals surface area contributed by atoms with E-state index in [4.69, 9.17) is 9.15 Å². The van der Waals surface area contributed by atoms with Gasteiger partial charge in [0.15, 0.2) is 0 Å². The Kier molecular flexibility index (Phi) is 3.54. The molecule has 20 heavy (non-hydrogen) atoms. The van der Waals surface area contributed by atoms with Gasteiger partial charge in [-0.1, -0.05) is 0 Å². The second-order valence-electron chi connectivity index (χ2n) is 4.49. The number of nitrogens with zero attached hydrogens (tertiary/aromatic N) is 2. The van der Waals surface area contributed by atoms with Gasteiger partial charge in [-0.3, -0.25) is 4.68 Å². The predicted molar refractivity (Wildman–Crippen MR) is 76.4 cm³/mol. The first-order valence-electron chi connectivity index (χ1n) is 6.63. The number of furan rings is 1. The van der Waals surface area contributed by atoms with Crippen molar-refractivity contribution in [1.82, 2.24) is 9.78 Å². The van der Waals surface area contributed by atoms with Crippen LogP contribution in [-0.2, 0) is 13.2 Å². The fourth-order valence-corrected chi connectivity index (χ4v) is 1.98. The molecule has 0 aliphatic rings. The van der Waals surface area contributed by atoms with Crippen LogP contribution in [0, 0.1) is 0 Å². The molecule has 1 aromatic carbocycles. The molecule has 0 N–H and O–H groups in total. The van der Waals surface area contributed by atoms with Crippen LogP contribution in [0.5, 0.6) is 5.75 Å². The van der Waals surface area contributed by atoms with Gasteiger partial charge >= 0.3 is 0 Å². The summed E-state index contributed by atoms with van der Waals surface area (Å²) in [5.74, 6) is 1.70. The molecule has 0 saturated carbocycles. The van der Waals surface area contributed by atoms with Gasteiger partial charge in [-0.05, 0) is 43.3 Å². The summed E-state index contributed by atoms with van der Waals surface area (Å²) in [6.07, 6.45) is 5.50. The van der Waals surface area contributed by atoms with Crippen molar-refractivity contribution in [2.24, 2.45) is 0 Å². The normalized spacial score (nSPS) is 10.7. The van der Waals surface area contributed by atoms with Gasteiger partial charge in [-0.15, -0.1) is 0 Å². The summed E-state index contributed by atoms with van der Waals surface area (Å²) in [5, 5.41) is 4.22. The summed E-state index contributed by atoms with van der Waals surface area (Å²) < 4.78 is 13.0. The molecule has 2 heterocycles.